The van der Waals surface area contributed by atoms with Crippen LogP contribution in [-0.2, 0) is 6.61 Å². The fourth-order valence-corrected chi connectivity index (χ4v) is 1.53. The van der Waals surface area contributed by atoms with E-state index in [1.807, 2.05) is 0 Å². The van der Waals surface area contributed by atoms with E-state index in [0.29, 0.717) is 23.3 Å². The molecule has 2 rings (SSSR count). The van der Waals surface area contributed by atoms with E-state index in [2.05, 4.69) is 15.3 Å². The normalized spacial score (nSPS) is 10.1. The molecule has 0 bridgehead atoms. The van der Waals surface area contributed by atoms with E-state index in [1.165, 1.54) is 0 Å². The van der Waals surface area contributed by atoms with Gasteiger partial charge in [-0.15, -0.1) is 0 Å². The predicted molar refractivity (Wildman–Crippen MR) is 70.6 cm³/mol. The third-order valence-electron chi connectivity index (χ3n) is 2.48. The number of aliphatic hydroxyl groups is 1. The lowest BCUT2D eigenvalue weighted by atomic mass is 10.2. The Morgan fingerprint density at radius 2 is 2.11 bits per heavy atom. The van der Waals surface area contributed by atoms with Crippen molar-refractivity contribution in [3.63, 3.8) is 0 Å². The minimum absolute atomic E-state index is 0.0476. The van der Waals surface area contributed by atoms with Gasteiger partial charge in [0.25, 0.3) is 0 Å². The van der Waals surface area contributed by atoms with Crippen molar-refractivity contribution >= 4 is 5.95 Å². The summed E-state index contributed by atoms with van der Waals surface area (Å²) in [5.74, 6) is 1.95. The van der Waals surface area contributed by atoms with Crippen LogP contribution < -0.4 is 14.8 Å². The highest BCUT2D eigenvalue weighted by atomic mass is 16.5. The highest BCUT2D eigenvalue weighted by Crippen LogP contribution is 2.31. The summed E-state index contributed by atoms with van der Waals surface area (Å²) >= 11 is 0. The second-order valence-corrected chi connectivity index (χ2v) is 3.71. The van der Waals surface area contributed by atoms with Crippen LogP contribution >= 0.6 is 0 Å². The van der Waals surface area contributed by atoms with Crippen LogP contribution in [-0.4, -0.2) is 29.2 Å². The monoisotopic (exact) mass is 261 g/mol. The number of nitrogens with zero attached hydrogens (tertiary/aromatic N) is 2. The number of methoxy groups -OCH3 is 1. The molecule has 0 aliphatic rings. The zero-order chi connectivity index (χ0) is 13.7. The summed E-state index contributed by atoms with van der Waals surface area (Å²) in [6.07, 6.45) is 1.60. The van der Waals surface area contributed by atoms with E-state index < -0.39 is 0 Å². The number of rotatable bonds is 5. The summed E-state index contributed by atoms with van der Waals surface area (Å²) in [6.45, 7) is -0.0476. The van der Waals surface area contributed by atoms with Crippen molar-refractivity contribution in [1.82, 2.24) is 9.97 Å². The lowest BCUT2D eigenvalue weighted by Crippen LogP contribution is -1.98. The molecule has 0 atom stereocenters. The van der Waals surface area contributed by atoms with Crippen LogP contribution in [0.25, 0.3) is 0 Å². The maximum absolute atomic E-state index is 9.08. The van der Waals surface area contributed by atoms with E-state index >= 15 is 0 Å². The van der Waals surface area contributed by atoms with Gasteiger partial charge in [0, 0.05) is 19.3 Å². The van der Waals surface area contributed by atoms with Crippen molar-refractivity contribution < 1.29 is 14.6 Å². The molecular weight excluding hydrogens is 246 g/mol. The number of nitrogens with one attached hydrogen (secondary N) is 1. The molecule has 0 amide bonds. The van der Waals surface area contributed by atoms with Gasteiger partial charge in [-0.2, -0.15) is 4.98 Å². The van der Waals surface area contributed by atoms with Crippen LogP contribution in [0.2, 0.25) is 0 Å². The first-order chi connectivity index (χ1) is 9.26. The molecule has 0 aliphatic carbocycles. The van der Waals surface area contributed by atoms with Crippen molar-refractivity contribution in [3.8, 4) is 17.4 Å². The van der Waals surface area contributed by atoms with Gasteiger partial charge in [0.15, 0.2) is 11.5 Å². The molecule has 0 saturated carbocycles. The largest absolute Gasteiger partial charge is 0.493 e. The molecule has 0 aliphatic heterocycles. The number of benzene rings is 1. The molecule has 0 spiro atoms. The van der Waals surface area contributed by atoms with Crippen LogP contribution in [0.1, 0.15) is 5.56 Å². The van der Waals surface area contributed by atoms with Gasteiger partial charge in [-0.25, -0.2) is 4.98 Å². The standard InChI is InChI=1S/C13H15N3O3/c1-14-13-15-6-5-12(16-13)19-10-4-3-9(8-17)7-11(10)18-2/h3-7,17H,8H2,1-2H3,(H,14,15,16). The fraction of sp³-hybridized carbons (Fsp3) is 0.231. The zero-order valence-electron chi connectivity index (χ0n) is 10.8. The molecule has 2 aromatic rings. The highest BCUT2D eigenvalue weighted by molar-refractivity contribution is 5.44. The molecule has 0 fully saturated rings. The van der Waals surface area contributed by atoms with Gasteiger partial charge in [-0.1, -0.05) is 6.07 Å². The van der Waals surface area contributed by atoms with Crippen molar-refractivity contribution in [2.75, 3.05) is 19.5 Å². The average Bonchev–Trinajstić information content (AvgIpc) is 2.48. The van der Waals surface area contributed by atoms with Gasteiger partial charge >= 0.3 is 0 Å². The van der Waals surface area contributed by atoms with Gasteiger partial charge in [0.1, 0.15) is 0 Å². The topological polar surface area (TPSA) is 76.5 Å². The molecule has 1 heterocycles. The molecule has 0 radical (unpaired) electrons. The Hall–Kier alpha value is -2.34. The highest BCUT2D eigenvalue weighted by Gasteiger charge is 2.08. The number of ether oxygens (including phenoxy) is 2. The summed E-state index contributed by atoms with van der Waals surface area (Å²) in [4.78, 5) is 8.16. The first-order valence-corrected chi connectivity index (χ1v) is 5.73. The molecule has 6 nitrogen and oxygen atoms in total. The van der Waals surface area contributed by atoms with Gasteiger partial charge in [0.2, 0.25) is 11.8 Å². The Balaban J connectivity index is 2.26. The van der Waals surface area contributed by atoms with Gasteiger partial charge in [-0.05, 0) is 17.7 Å². The maximum atomic E-state index is 9.08. The molecule has 6 heteroatoms. The van der Waals surface area contributed by atoms with Crippen LogP contribution in [0.5, 0.6) is 17.4 Å². The second kappa shape index (κ2) is 6.01. The Bertz CT molecular complexity index is 561. The van der Waals surface area contributed by atoms with Gasteiger partial charge < -0.3 is 19.9 Å². The first kappa shape index (κ1) is 13.1. The van der Waals surface area contributed by atoms with Crippen LogP contribution in [0.15, 0.2) is 30.5 Å². The minimum Gasteiger partial charge on any atom is -0.493 e. The molecule has 19 heavy (non-hydrogen) atoms. The fourth-order valence-electron chi connectivity index (χ4n) is 1.53. The Morgan fingerprint density at radius 3 is 2.79 bits per heavy atom. The second-order valence-electron chi connectivity index (χ2n) is 3.71. The SMILES string of the molecule is CNc1nccc(Oc2ccc(CO)cc2OC)n1. The summed E-state index contributed by atoms with van der Waals surface area (Å²) in [7, 11) is 3.28. The summed E-state index contributed by atoms with van der Waals surface area (Å²) in [5.41, 5.74) is 0.753. The lowest BCUT2D eigenvalue weighted by molar-refractivity contribution is 0.280. The van der Waals surface area contributed by atoms with Crippen molar-refractivity contribution in [3.05, 3.63) is 36.0 Å². The van der Waals surface area contributed by atoms with Crippen molar-refractivity contribution in [1.29, 1.82) is 0 Å². The third-order valence-corrected chi connectivity index (χ3v) is 2.48. The summed E-state index contributed by atoms with van der Waals surface area (Å²) in [5, 5.41) is 11.9. The summed E-state index contributed by atoms with van der Waals surface area (Å²) < 4.78 is 10.9. The van der Waals surface area contributed by atoms with E-state index in [0.717, 1.165) is 5.56 Å². The summed E-state index contributed by atoms with van der Waals surface area (Å²) in [6, 6.07) is 6.86. The number of anilines is 1. The number of hydrogen-bond donors (Lipinski definition) is 2. The molecule has 0 saturated heterocycles. The smallest absolute Gasteiger partial charge is 0.225 e. The molecule has 0 unspecified atom stereocenters. The average molecular weight is 261 g/mol. The Labute approximate surface area is 111 Å². The van der Waals surface area contributed by atoms with Crippen molar-refractivity contribution in [2.45, 2.75) is 6.61 Å². The minimum atomic E-state index is -0.0476. The molecule has 2 N–H and O–H groups in total. The van der Waals surface area contributed by atoms with Gasteiger partial charge in [0.05, 0.1) is 13.7 Å². The third kappa shape index (κ3) is 3.11. The quantitative estimate of drug-likeness (QED) is 0.854. The van der Waals surface area contributed by atoms with Crippen LogP contribution in [0, 0.1) is 0 Å². The first-order valence-electron chi connectivity index (χ1n) is 5.73. The maximum Gasteiger partial charge on any atom is 0.225 e. The van der Waals surface area contributed by atoms with Crippen molar-refractivity contribution in [2.24, 2.45) is 0 Å². The zero-order valence-corrected chi connectivity index (χ0v) is 10.8. The van der Waals surface area contributed by atoms with Crippen LogP contribution in [0.4, 0.5) is 5.95 Å². The molecule has 1 aromatic carbocycles. The van der Waals surface area contributed by atoms with E-state index in [4.69, 9.17) is 14.6 Å². The number of hydrogen-bond acceptors (Lipinski definition) is 6. The molecular formula is C13H15N3O3. The van der Waals surface area contributed by atoms with E-state index in [1.54, 1.807) is 44.6 Å². The Kier molecular flexibility index (Phi) is 4.15. The molecule has 1 aromatic heterocycles. The molecule has 100 valence electrons. The van der Waals surface area contributed by atoms with E-state index in [9.17, 15) is 0 Å². The Morgan fingerprint density at radius 1 is 1.26 bits per heavy atom. The lowest BCUT2D eigenvalue weighted by Gasteiger charge is -2.11. The number of aliphatic hydroxyl groups excluding tert-OH is 1. The predicted octanol–water partition coefficient (Wildman–Crippen LogP) is 1.81. The van der Waals surface area contributed by atoms with Gasteiger partial charge in [-0.3, -0.25) is 0 Å². The van der Waals surface area contributed by atoms with Crippen LogP contribution in [0.3, 0.4) is 0 Å². The van der Waals surface area contributed by atoms with E-state index in [-0.39, 0.29) is 6.61 Å². The number of aromatic nitrogens is 2.